The van der Waals surface area contributed by atoms with Crippen LogP contribution in [0.4, 0.5) is 0 Å². The van der Waals surface area contributed by atoms with Gasteiger partial charge in [-0.2, -0.15) is 0 Å². The molecule has 0 bridgehead atoms. The molecule has 0 fully saturated rings. The first-order valence-corrected chi connectivity index (χ1v) is 5.44. The van der Waals surface area contributed by atoms with E-state index >= 15 is 0 Å². The zero-order valence-electron chi connectivity index (χ0n) is 8.07. The Morgan fingerprint density at radius 2 is 2.07 bits per heavy atom. The minimum absolute atomic E-state index is 0.0254. The van der Waals surface area contributed by atoms with Crippen LogP contribution in [0.1, 0.15) is 28.6 Å². The summed E-state index contributed by atoms with van der Waals surface area (Å²) in [5.74, 6) is -1.51. The van der Waals surface area contributed by atoms with Gasteiger partial charge in [0.05, 0.1) is 5.57 Å². The molecule has 3 nitrogen and oxygen atoms in total. The molecule has 0 saturated heterocycles. The van der Waals surface area contributed by atoms with E-state index < -0.39 is 11.6 Å². The number of thiophene rings is 1. The Kier molecular flexibility index (Phi) is 2.36. The number of hydrogen-bond donors (Lipinski definition) is 0. The summed E-state index contributed by atoms with van der Waals surface area (Å²) < 4.78 is 0. The van der Waals surface area contributed by atoms with Crippen molar-refractivity contribution in [1.29, 1.82) is 0 Å². The molecule has 0 N–H and O–H groups in total. The topological polar surface area (TPSA) is 51.2 Å². The van der Waals surface area contributed by atoms with Crippen LogP contribution in [-0.2, 0) is 9.59 Å². The number of allylic oxidation sites excluding steroid dienone is 1. The monoisotopic (exact) mass is 220 g/mol. The molecule has 76 valence electrons. The van der Waals surface area contributed by atoms with E-state index in [-0.39, 0.29) is 17.8 Å². The lowest BCUT2D eigenvalue weighted by Gasteiger charge is -2.08. The molecule has 1 aliphatic rings. The number of carbonyl (C=O) groups is 3. The highest BCUT2D eigenvalue weighted by Crippen LogP contribution is 2.27. The molecular formula is C11H8O3S. The zero-order valence-corrected chi connectivity index (χ0v) is 8.89. The smallest absolute Gasteiger partial charge is 0.237 e. The number of carbonyl (C=O) groups excluding carboxylic acids is 3. The van der Waals surface area contributed by atoms with Gasteiger partial charge >= 0.3 is 0 Å². The van der Waals surface area contributed by atoms with Crippen molar-refractivity contribution in [3.63, 3.8) is 0 Å². The van der Waals surface area contributed by atoms with Crippen molar-refractivity contribution >= 4 is 34.8 Å². The fourth-order valence-corrected chi connectivity index (χ4v) is 2.28. The maximum atomic E-state index is 11.6. The van der Waals surface area contributed by atoms with Gasteiger partial charge in [-0.1, -0.05) is 6.92 Å². The van der Waals surface area contributed by atoms with Gasteiger partial charge in [0, 0.05) is 16.9 Å². The molecule has 4 heteroatoms. The Labute approximate surface area is 90.4 Å². The van der Waals surface area contributed by atoms with Crippen LogP contribution in [0.3, 0.4) is 0 Å². The van der Waals surface area contributed by atoms with Gasteiger partial charge in [-0.05, 0) is 17.5 Å². The molecule has 0 atom stereocenters. The van der Waals surface area contributed by atoms with Crippen LogP contribution in [0.5, 0.6) is 0 Å². The standard InChI is InChI=1S/C11H8O3S/c1-2-8(12)7-5-9-6(3-4-15-9)10(13)11(7)14/h3-5H,2H2,1H3. The normalized spacial score (nSPS) is 14.9. The fourth-order valence-electron chi connectivity index (χ4n) is 1.46. The molecule has 0 unspecified atom stereocenters. The second kappa shape index (κ2) is 3.55. The molecule has 1 aromatic heterocycles. The minimum Gasteiger partial charge on any atom is -0.294 e. The average molecular weight is 220 g/mol. The van der Waals surface area contributed by atoms with Crippen LogP contribution in [-0.4, -0.2) is 17.3 Å². The van der Waals surface area contributed by atoms with Gasteiger partial charge in [0.2, 0.25) is 11.6 Å². The second-order valence-electron chi connectivity index (χ2n) is 3.19. The van der Waals surface area contributed by atoms with Gasteiger partial charge in [-0.25, -0.2) is 0 Å². The molecule has 1 heterocycles. The first-order valence-electron chi connectivity index (χ1n) is 4.56. The van der Waals surface area contributed by atoms with Crippen LogP contribution < -0.4 is 0 Å². The van der Waals surface area contributed by atoms with E-state index in [1.54, 1.807) is 18.4 Å². The third kappa shape index (κ3) is 1.47. The van der Waals surface area contributed by atoms with Crippen LogP contribution in [0.15, 0.2) is 17.0 Å². The Balaban J connectivity index is 2.56. The molecule has 15 heavy (non-hydrogen) atoms. The summed E-state index contributed by atoms with van der Waals surface area (Å²) in [4.78, 5) is 35.2. The SMILES string of the molecule is CCC(=O)C1=Cc2sccc2C(=O)C1=O. The first kappa shape index (κ1) is 9.98. The quantitative estimate of drug-likeness (QED) is 0.564. The van der Waals surface area contributed by atoms with Crippen LogP contribution in [0.25, 0.3) is 6.08 Å². The molecular weight excluding hydrogens is 212 g/mol. The third-order valence-corrected chi connectivity index (χ3v) is 3.15. The van der Waals surface area contributed by atoms with Gasteiger partial charge in [0.15, 0.2) is 5.78 Å². The lowest BCUT2D eigenvalue weighted by Crippen LogP contribution is -2.24. The number of fused-ring (bicyclic) bond motifs is 1. The maximum Gasteiger partial charge on any atom is 0.237 e. The van der Waals surface area contributed by atoms with E-state index in [0.29, 0.717) is 10.4 Å². The Hall–Kier alpha value is -1.55. The minimum atomic E-state index is -0.673. The van der Waals surface area contributed by atoms with Gasteiger partial charge < -0.3 is 0 Å². The number of Topliss-reactive ketones (excluding diaryl/α,β-unsaturated/α-hetero) is 3. The molecule has 0 aromatic carbocycles. The summed E-state index contributed by atoms with van der Waals surface area (Å²) >= 11 is 1.36. The van der Waals surface area contributed by atoms with E-state index in [1.807, 2.05) is 0 Å². The number of ketones is 3. The highest BCUT2D eigenvalue weighted by Gasteiger charge is 2.30. The summed E-state index contributed by atoms with van der Waals surface area (Å²) in [6, 6.07) is 1.62. The molecule has 2 rings (SSSR count). The summed E-state index contributed by atoms with van der Waals surface area (Å²) in [5.41, 5.74) is 0.440. The molecule has 0 aliphatic heterocycles. The zero-order chi connectivity index (χ0) is 11.0. The lowest BCUT2D eigenvalue weighted by atomic mass is 9.92. The van der Waals surface area contributed by atoms with Crippen molar-refractivity contribution in [1.82, 2.24) is 0 Å². The van der Waals surface area contributed by atoms with Crippen LogP contribution in [0, 0.1) is 0 Å². The van der Waals surface area contributed by atoms with E-state index in [2.05, 4.69) is 0 Å². The molecule has 0 amide bonds. The molecule has 1 aromatic rings. The highest BCUT2D eigenvalue weighted by atomic mass is 32.1. The van der Waals surface area contributed by atoms with Crippen molar-refractivity contribution in [2.75, 3.05) is 0 Å². The van der Waals surface area contributed by atoms with Crippen molar-refractivity contribution in [2.45, 2.75) is 13.3 Å². The lowest BCUT2D eigenvalue weighted by molar-refractivity contribution is -0.119. The Bertz CT molecular complexity index is 494. The van der Waals surface area contributed by atoms with Crippen LogP contribution in [0.2, 0.25) is 0 Å². The van der Waals surface area contributed by atoms with E-state index in [9.17, 15) is 14.4 Å². The summed E-state index contributed by atoms with van der Waals surface area (Å²) in [7, 11) is 0. The largest absolute Gasteiger partial charge is 0.294 e. The van der Waals surface area contributed by atoms with E-state index in [0.717, 1.165) is 0 Å². The number of rotatable bonds is 2. The molecule has 1 aliphatic carbocycles. The van der Waals surface area contributed by atoms with Crippen LogP contribution >= 0.6 is 11.3 Å². The summed E-state index contributed by atoms with van der Waals surface area (Å²) in [5, 5.41) is 1.74. The predicted octanol–water partition coefficient (Wildman–Crippen LogP) is 1.88. The van der Waals surface area contributed by atoms with Crippen molar-refractivity contribution in [2.24, 2.45) is 0 Å². The van der Waals surface area contributed by atoms with Crippen molar-refractivity contribution < 1.29 is 14.4 Å². The van der Waals surface area contributed by atoms with Gasteiger partial charge in [0.25, 0.3) is 0 Å². The van der Waals surface area contributed by atoms with Crippen molar-refractivity contribution in [3.8, 4) is 0 Å². The molecule has 0 spiro atoms. The number of hydrogen-bond acceptors (Lipinski definition) is 4. The highest BCUT2D eigenvalue weighted by molar-refractivity contribution is 7.11. The fraction of sp³-hybridized carbons (Fsp3) is 0.182. The van der Waals surface area contributed by atoms with Gasteiger partial charge in [0.1, 0.15) is 0 Å². The maximum absolute atomic E-state index is 11.6. The first-order chi connectivity index (χ1) is 7.15. The molecule has 0 saturated carbocycles. The second-order valence-corrected chi connectivity index (χ2v) is 4.14. The average Bonchev–Trinajstić information content (AvgIpc) is 2.70. The third-order valence-electron chi connectivity index (χ3n) is 2.29. The predicted molar refractivity (Wildman–Crippen MR) is 56.9 cm³/mol. The van der Waals surface area contributed by atoms with E-state index in [4.69, 9.17) is 0 Å². The van der Waals surface area contributed by atoms with Crippen molar-refractivity contribution in [3.05, 3.63) is 27.5 Å². The Morgan fingerprint density at radius 1 is 1.33 bits per heavy atom. The summed E-state index contributed by atoms with van der Waals surface area (Å²) in [6.07, 6.45) is 1.77. The summed E-state index contributed by atoms with van der Waals surface area (Å²) in [6.45, 7) is 1.67. The van der Waals surface area contributed by atoms with Gasteiger partial charge in [-0.3, -0.25) is 14.4 Å². The molecule has 0 radical (unpaired) electrons. The Morgan fingerprint density at radius 3 is 2.73 bits per heavy atom. The van der Waals surface area contributed by atoms with E-state index in [1.165, 1.54) is 17.4 Å². The van der Waals surface area contributed by atoms with Gasteiger partial charge in [-0.15, -0.1) is 11.3 Å².